The molecule has 1 aromatic heterocycles. The van der Waals surface area contributed by atoms with Crippen LogP contribution in [0.2, 0.25) is 10.0 Å². The number of carbonyl (C=O) groups is 2. The van der Waals surface area contributed by atoms with E-state index in [2.05, 4.69) is 10.2 Å². The first-order valence-electron chi connectivity index (χ1n) is 10.1. The van der Waals surface area contributed by atoms with Gasteiger partial charge >= 0.3 is 0 Å². The van der Waals surface area contributed by atoms with Gasteiger partial charge in [0.25, 0.3) is 5.91 Å². The molecule has 2 aromatic rings. The van der Waals surface area contributed by atoms with Crippen LogP contribution in [0, 0.1) is 5.92 Å². The van der Waals surface area contributed by atoms with E-state index in [0.29, 0.717) is 45.6 Å². The molecule has 5 rings (SSSR count). The molecule has 1 saturated carbocycles. The highest BCUT2D eigenvalue weighted by Crippen LogP contribution is 2.49. The Balaban J connectivity index is 1.65. The fraction of sp³-hybridized carbons (Fsp3) is 0.429. The predicted octanol–water partition coefficient (Wildman–Crippen LogP) is 5.12. The van der Waals surface area contributed by atoms with Crippen LogP contribution >= 0.6 is 46.1 Å². The smallest absolute Gasteiger partial charge is 0.296 e. The van der Waals surface area contributed by atoms with Gasteiger partial charge in [-0.15, -0.1) is 21.8 Å². The summed E-state index contributed by atoms with van der Waals surface area (Å²) in [5, 5.41) is 10.2. The highest BCUT2D eigenvalue weighted by molar-refractivity contribution is 7.15. The van der Waals surface area contributed by atoms with Crippen LogP contribution in [0.4, 0.5) is 5.13 Å². The number of rotatable bonds is 3. The average molecular weight is 499 g/mol. The molecule has 1 aliphatic carbocycles. The molecule has 2 aliphatic heterocycles. The van der Waals surface area contributed by atoms with E-state index < -0.39 is 6.04 Å². The van der Waals surface area contributed by atoms with Gasteiger partial charge in [-0.25, -0.2) is 0 Å². The molecule has 1 amide bonds. The maximum Gasteiger partial charge on any atom is 0.296 e. The quantitative estimate of drug-likeness (QED) is 0.549. The Kier molecular flexibility index (Phi) is 5.49. The molecule has 1 aromatic carbocycles. The average Bonchev–Trinajstić information content (AvgIpc) is 3.33. The Morgan fingerprint density at radius 3 is 2.71 bits per heavy atom. The summed E-state index contributed by atoms with van der Waals surface area (Å²) in [4.78, 5) is 28.6. The van der Waals surface area contributed by atoms with Gasteiger partial charge in [-0.05, 0) is 43.4 Å². The summed E-state index contributed by atoms with van der Waals surface area (Å²) in [6, 6.07) is 4.39. The lowest BCUT2D eigenvalue weighted by Gasteiger charge is -2.37. The van der Waals surface area contributed by atoms with Gasteiger partial charge in [0.15, 0.2) is 11.5 Å². The zero-order valence-corrected chi connectivity index (χ0v) is 19.6. The second-order valence-electron chi connectivity index (χ2n) is 7.86. The maximum absolute atomic E-state index is 13.6. The number of aromatic nitrogens is 2. The zero-order valence-electron chi connectivity index (χ0n) is 16.5. The van der Waals surface area contributed by atoms with E-state index >= 15 is 0 Å². The van der Waals surface area contributed by atoms with E-state index in [1.165, 1.54) is 16.2 Å². The molecule has 10 heteroatoms. The first kappa shape index (κ1) is 21.2. The van der Waals surface area contributed by atoms with Crippen molar-refractivity contribution >= 4 is 63.0 Å². The summed E-state index contributed by atoms with van der Waals surface area (Å²) in [7, 11) is 0. The van der Waals surface area contributed by atoms with Crippen molar-refractivity contribution in [3.8, 4) is 0 Å². The topological polar surface area (TPSA) is 72.4 Å². The van der Waals surface area contributed by atoms with Crippen LogP contribution in [0.15, 0.2) is 29.5 Å². The lowest BCUT2D eigenvalue weighted by Crippen LogP contribution is -2.41. The van der Waals surface area contributed by atoms with Crippen molar-refractivity contribution in [3.05, 3.63) is 50.1 Å². The molecule has 3 aliphatic rings. The van der Waals surface area contributed by atoms with Crippen molar-refractivity contribution in [1.29, 1.82) is 0 Å². The number of hydrogen-bond acceptors (Lipinski definition) is 6. The summed E-state index contributed by atoms with van der Waals surface area (Å²) in [5.74, 6) is -0.745. The molecule has 31 heavy (non-hydrogen) atoms. The number of amides is 1. The standard InChI is InChI=1S/C21H18Cl3N3O3S/c1-2-15-25-26-21(31-15)27-17(9-3-5-12(23)13(24)7-9)16-18(28)11-8-10(22)4-6-14(11)30-19(16)20(27)29/h3,5,7,10-11,14,17H,2,4,6,8H2,1H3. The number of hydrogen-bond donors (Lipinski definition) is 0. The lowest BCUT2D eigenvalue weighted by atomic mass is 9.77. The van der Waals surface area contributed by atoms with Crippen LogP contribution in [-0.2, 0) is 20.7 Å². The third-order valence-electron chi connectivity index (χ3n) is 6.01. The van der Waals surface area contributed by atoms with Crippen molar-refractivity contribution in [2.24, 2.45) is 5.92 Å². The molecule has 4 atom stereocenters. The van der Waals surface area contributed by atoms with Gasteiger partial charge in [-0.1, -0.05) is 47.5 Å². The van der Waals surface area contributed by atoms with Crippen molar-refractivity contribution in [3.63, 3.8) is 0 Å². The minimum absolute atomic E-state index is 0.0807. The van der Waals surface area contributed by atoms with Crippen molar-refractivity contribution in [2.45, 2.75) is 50.1 Å². The molecular weight excluding hydrogens is 481 g/mol. The van der Waals surface area contributed by atoms with Crippen LogP contribution in [0.5, 0.6) is 0 Å². The molecule has 0 bridgehead atoms. The molecule has 1 fully saturated rings. The molecule has 6 nitrogen and oxygen atoms in total. The Hall–Kier alpha value is -1.67. The van der Waals surface area contributed by atoms with E-state index in [1.807, 2.05) is 6.92 Å². The lowest BCUT2D eigenvalue weighted by molar-refractivity contribution is -0.131. The molecule has 0 saturated heterocycles. The minimum Gasteiger partial charge on any atom is -0.483 e. The van der Waals surface area contributed by atoms with Gasteiger partial charge in [0.1, 0.15) is 11.1 Å². The summed E-state index contributed by atoms with van der Waals surface area (Å²) in [6.07, 6.45) is 2.29. The third kappa shape index (κ3) is 3.46. The maximum atomic E-state index is 13.6. The zero-order chi connectivity index (χ0) is 21.9. The number of Topliss-reactive ketones (excluding diaryl/α,β-unsaturated/α-hetero) is 1. The van der Waals surface area contributed by atoms with E-state index in [4.69, 9.17) is 39.5 Å². The van der Waals surface area contributed by atoms with Crippen molar-refractivity contribution in [2.75, 3.05) is 4.90 Å². The van der Waals surface area contributed by atoms with Crippen molar-refractivity contribution < 1.29 is 14.3 Å². The number of carbonyl (C=O) groups excluding carboxylic acids is 2. The number of ether oxygens (including phenoxy) is 1. The number of nitrogens with zero attached hydrogens (tertiary/aromatic N) is 3. The van der Waals surface area contributed by atoms with E-state index in [0.717, 1.165) is 11.4 Å². The van der Waals surface area contributed by atoms with Crippen molar-refractivity contribution in [1.82, 2.24) is 10.2 Å². The molecule has 4 unspecified atom stereocenters. The number of aryl methyl sites for hydroxylation is 1. The van der Waals surface area contributed by atoms with Crippen LogP contribution in [0.3, 0.4) is 0 Å². The van der Waals surface area contributed by atoms with Gasteiger partial charge in [-0.3, -0.25) is 14.5 Å². The molecular formula is C21H18Cl3N3O3S. The Morgan fingerprint density at radius 1 is 1.19 bits per heavy atom. The van der Waals surface area contributed by atoms with Gasteiger partial charge in [0, 0.05) is 5.38 Å². The molecule has 162 valence electrons. The van der Waals surface area contributed by atoms with Crippen LogP contribution in [0.1, 0.15) is 42.8 Å². The Bertz CT molecular complexity index is 1120. The number of halogens is 3. The van der Waals surface area contributed by atoms with E-state index in [1.54, 1.807) is 18.2 Å². The third-order valence-corrected chi connectivity index (χ3v) is 8.21. The second kappa shape index (κ2) is 8.03. The largest absolute Gasteiger partial charge is 0.483 e. The molecule has 0 spiro atoms. The van der Waals surface area contributed by atoms with Crippen LogP contribution < -0.4 is 4.90 Å². The summed E-state index contributed by atoms with van der Waals surface area (Å²) in [6.45, 7) is 1.97. The highest BCUT2D eigenvalue weighted by atomic mass is 35.5. The number of fused-ring (bicyclic) bond motifs is 1. The fourth-order valence-corrected chi connectivity index (χ4v) is 5.93. The SMILES string of the molecule is CCc1nnc(N2C(=O)C3=C(C(=O)C4CC(Cl)CCC4O3)C2c2ccc(Cl)c(Cl)c2)s1. The van der Waals surface area contributed by atoms with Gasteiger partial charge in [0.2, 0.25) is 5.13 Å². The monoisotopic (exact) mass is 497 g/mol. The highest BCUT2D eigenvalue weighted by Gasteiger charge is 2.54. The summed E-state index contributed by atoms with van der Waals surface area (Å²) < 4.78 is 6.14. The first-order valence-corrected chi connectivity index (χ1v) is 12.1. The first-order chi connectivity index (χ1) is 14.9. The van der Waals surface area contributed by atoms with Crippen LogP contribution in [0.25, 0.3) is 0 Å². The van der Waals surface area contributed by atoms with Gasteiger partial charge in [-0.2, -0.15) is 0 Å². The molecule has 0 N–H and O–H groups in total. The minimum atomic E-state index is -0.709. The number of anilines is 1. The van der Waals surface area contributed by atoms with Gasteiger partial charge < -0.3 is 4.74 Å². The summed E-state index contributed by atoms with van der Waals surface area (Å²) >= 11 is 20.1. The second-order valence-corrected chi connectivity index (χ2v) is 10.3. The predicted molar refractivity (Wildman–Crippen MR) is 120 cm³/mol. The normalized spacial score (nSPS) is 27.9. The number of alkyl halides is 1. The number of ketones is 1. The van der Waals surface area contributed by atoms with E-state index in [9.17, 15) is 9.59 Å². The molecule has 3 heterocycles. The summed E-state index contributed by atoms with van der Waals surface area (Å²) in [5.41, 5.74) is 0.998. The van der Waals surface area contributed by atoms with Crippen LogP contribution in [-0.4, -0.2) is 33.4 Å². The molecule has 0 radical (unpaired) electrons. The number of benzene rings is 1. The Labute approximate surface area is 198 Å². The van der Waals surface area contributed by atoms with E-state index in [-0.39, 0.29) is 34.8 Å². The fourth-order valence-electron chi connectivity index (χ4n) is 4.50. The van der Waals surface area contributed by atoms with Gasteiger partial charge in [0.05, 0.1) is 27.6 Å². The Morgan fingerprint density at radius 2 is 2.00 bits per heavy atom.